The van der Waals surface area contributed by atoms with Crippen molar-refractivity contribution in [3.8, 4) is 0 Å². The van der Waals surface area contributed by atoms with Crippen LogP contribution < -0.4 is 37.2 Å². The normalized spacial score (nSPS) is 14.6. The predicted octanol–water partition coefficient (Wildman–Crippen LogP) is 9.40. The van der Waals surface area contributed by atoms with Crippen LogP contribution in [0.5, 0.6) is 0 Å². The van der Waals surface area contributed by atoms with Crippen LogP contribution in [-0.2, 0) is 14.3 Å². The third kappa shape index (κ3) is 9.06. The van der Waals surface area contributed by atoms with Gasteiger partial charge in [0.2, 0.25) is 5.78 Å². The van der Waals surface area contributed by atoms with Gasteiger partial charge < -0.3 is 35.2 Å². The minimum Gasteiger partial charge on any atom is -0.506 e. The van der Waals surface area contributed by atoms with Gasteiger partial charge in [-0.05, 0) is 70.9 Å². The van der Waals surface area contributed by atoms with Gasteiger partial charge in [-0.2, -0.15) is 0 Å². The summed E-state index contributed by atoms with van der Waals surface area (Å²) < 4.78 is 11.1. The number of benzene rings is 6. The zero-order chi connectivity index (χ0) is 45.6. The second-order valence-corrected chi connectivity index (χ2v) is 17.6. The van der Waals surface area contributed by atoms with E-state index in [-0.39, 0.29) is 34.6 Å². The average molecular weight is 879 g/mol. The van der Waals surface area contributed by atoms with Gasteiger partial charge in [-0.3, -0.25) is 4.79 Å². The van der Waals surface area contributed by atoms with Crippen molar-refractivity contribution < 1.29 is 29.0 Å². The number of carbonyl (C=O) groups excluding carboxylic acids is 3. The van der Waals surface area contributed by atoms with Crippen LogP contribution >= 0.6 is 0 Å². The van der Waals surface area contributed by atoms with Gasteiger partial charge in [0.25, 0.3) is 0 Å². The number of hydrogen-bond donors (Lipinski definition) is 4. The van der Waals surface area contributed by atoms with Gasteiger partial charge >= 0.3 is 25.9 Å². The third-order valence-electron chi connectivity index (χ3n) is 13.1. The Morgan fingerprint density at radius 3 is 1.73 bits per heavy atom. The van der Waals surface area contributed by atoms with Crippen molar-refractivity contribution in [2.24, 2.45) is 4.90 Å². The number of hydrogen-bond acceptors (Lipinski definition) is 10. The summed E-state index contributed by atoms with van der Waals surface area (Å²) in [5.74, 6) is -1.04. The van der Waals surface area contributed by atoms with E-state index in [0.717, 1.165) is 88.1 Å². The lowest BCUT2D eigenvalue weighted by Gasteiger charge is -2.31. The molecule has 0 saturated carbocycles. The number of esters is 2. The molecule has 0 unspecified atom stereocenters. The van der Waals surface area contributed by atoms with Crippen LogP contribution in [0.1, 0.15) is 117 Å². The van der Waals surface area contributed by atoms with E-state index >= 15 is 0 Å². The Balaban J connectivity index is 0.979. The highest BCUT2D eigenvalue weighted by Crippen LogP contribution is 2.45. The minimum atomic E-state index is -0.513. The molecule has 0 spiro atoms. The molecule has 2 heterocycles. The molecule has 2 aliphatic heterocycles. The number of allylic oxidation sites excluding steroid dienone is 2. The Morgan fingerprint density at radius 1 is 0.576 bits per heavy atom. The molecule has 0 fully saturated rings. The van der Waals surface area contributed by atoms with E-state index in [1.807, 2.05) is 84.9 Å². The number of Topliss-reactive ketones (excluding diaryl/α,β-unsaturated/α-hetero) is 1. The maximum absolute atomic E-state index is 14.6. The molecule has 0 amide bonds. The summed E-state index contributed by atoms with van der Waals surface area (Å²) in [6, 6.07) is 34.3. The lowest BCUT2D eigenvalue weighted by molar-refractivity contribution is -0.109. The highest BCUT2D eigenvalue weighted by atomic mass is 16.5. The third-order valence-corrected chi connectivity index (χ3v) is 13.1. The number of carbonyl (C=O) groups is 3. The highest BCUT2D eigenvalue weighted by Gasteiger charge is 2.39. The Labute approximate surface area is 386 Å². The molecular weight excluding hydrogens is 822 g/mol. The maximum atomic E-state index is 14.6. The van der Waals surface area contributed by atoms with E-state index < -0.39 is 14.0 Å². The molecule has 10 nitrogen and oxygen atoms in total. The van der Waals surface area contributed by atoms with Gasteiger partial charge in [0.05, 0.1) is 40.8 Å². The smallest absolute Gasteiger partial charge is 0.427 e. The van der Waals surface area contributed by atoms with Gasteiger partial charge in [-0.25, -0.2) is 9.59 Å². The molecule has 4 N–H and O–H groups in total. The summed E-state index contributed by atoms with van der Waals surface area (Å²) in [7, 11) is 0. The summed E-state index contributed by atoms with van der Waals surface area (Å²) in [4.78, 5) is 45.5. The minimum absolute atomic E-state index is 0.0871. The fourth-order valence-corrected chi connectivity index (χ4v) is 9.42. The number of aliphatic hydroxyl groups excluding tert-OH is 1. The molecular formula is C54H56B2N4O6. The second-order valence-electron chi connectivity index (χ2n) is 17.6. The Kier molecular flexibility index (Phi) is 13.6. The van der Waals surface area contributed by atoms with Gasteiger partial charge in [-0.1, -0.05) is 151 Å². The van der Waals surface area contributed by atoms with Crippen molar-refractivity contribution in [1.82, 2.24) is 0 Å². The van der Waals surface area contributed by atoms with Gasteiger partial charge in [0.15, 0.2) is 0 Å². The number of aliphatic hydroxyl groups is 1. The quantitative estimate of drug-likeness (QED) is 0.0356. The predicted molar refractivity (Wildman–Crippen MR) is 268 cm³/mol. The first-order valence-electron chi connectivity index (χ1n) is 23.9. The Hall–Kier alpha value is -6.81. The molecule has 1 aliphatic carbocycles. The molecule has 334 valence electrons. The molecule has 66 heavy (non-hydrogen) atoms. The summed E-state index contributed by atoms with van der Waals surface area (Å²) in [5, 5.41) is 27.7. The number of anilines is 3. The summed E-state index contributed by atoms with van der Waals surface area (Å²) in [6.07, 6.45) is 13.4. The first-order chi connectivity index (χ1) is 32.3. The standard InChI is InChI=1S/C54H56B2N4O6/c1-3-5-7-9-11-13-33-65-53(63)37-21-27-39(28-22-37)55-57-43-19-15-17-35-25-31-41(49(59-55)45(35)43)47-51(61)48(52(47)62)42-32-26-36-18-16-20-44-46(36)50(42)60-56(58-44)40-29-23-38(24-30-40)54(64)66-34-14-12-10-8-6-4-2/h15-32,57-59,61H,3-14,33-34H2,1-2H3/b48-42+. The number of nitrogens with one attached hydrogen (secondary N) is 3. The number of ether oxygens (including phenoxy) is 2. The van der Waals surface area contributed by atoms with Crippen LogP contribution in [-0.4, -0.2) is 50.0 Å². The fraction of sp³-hybridized carbons (Fsp3) is 0.296. The molecule has 9 rings (SSSR count). The van der Waals surface area contributed by atoms with E-state index in [0.29, 0.717) is 40.5 Å². The second kappa shape index (κ2) is 20.1. The van der Waals surface area contributed by atoms with Crippen LogP contribution in [0.15, 0.2) is 120 Å². The van der Waals surface area contributed by atoms with Crippen LogP contribution in [0.2, 0.25) is 0 Å². The molecule has 0 aromatic heterocycles. The zero-order valence-corrected chi connectivity index (χ0v) is 37.9. The first-order valence-corrected chi connectivity index (χ1v) is 23.9. The maximum Gasteiger partial charge on any atom is 0.427 e. The SMILES string of the molecule is CCCCCCCCOC(=O)c1ccc(B2N=c3/c(=C4/C(=O)C(c5ccc6cccc7c6c5NB(c5ccc(C(=O)OCCCCCCCC)cc5)N7)=C4O)ccc4cccc(c34)N2)cc1. The fourth-order valence-electron chi connectivity index (χ4n) is 9.42. The lowest BCUT2D eigenvalue weighted by Crippen LogP contribution is -2.48. The molecule has 3 aliphatic rings. The topological polar surface area (TPSA) is 138 Å². The molecule has 0 radical (unpaired) electrons. The number of unbranched alkanes of at least 4 members (excludes halogenated alkanes) is 10. The monoisotopic (exact) mass is 878 g/mol. The first kappa shape index (κ1) is 44.4. The summed E-state index contributed by atoms with van der Waals surface area (Å²) in [5.41, 5.74) is 6.21. The number of nitrogens with zero attached hydrogens (tertiary/aromatic N) is 1. The van der Waals surface area contributed by atoms with Crippen LogP contribution in [0, 0.1) is 0 Å². The van der Waals surface area contributed by atoms with E-state index in [1.54, 1.807) is 24.3 Å². The van der Waals surface area contributed by atoms with E-state index in [1.165, 1.54) is 38.5 Å². The highest BCUT2D eigenvalue weighted by molar-refractivity contribution is 6.80. The average Bonchev–Trinajstić information content (AvgIpc) is 3.35. The van der Waals surface area contributed by atoms with Crippen LogP contribution in [0.25, 0.3) is 32.7 Å². The van der Waals surface area contributed by atoms with Crippen molar-refractivity contribution in [3.63, 3.8) is 0 Å². The summed E-state index contributed by atoms with van der Waals surface area (Å²) in [6.45, 7) is 4.30. The van der Waals surface area contributed by atoms with Crippen LogP contribution in [0.4, 0.5) is 17.1 Å². The van der Waals surface area contributed by atoms with Crippen molar-refractivity contribution in [1.29, 1.82) is 0 Å². The van der Waals surface area contributed by atoms with E-state index in [9.17, 15) is 19.5 Å². The largest absolute Gasteiger partial charge is 0.506 e. The van der Waals surface area contributed by atoms with Gasteiger partial charge in [-0.15, -0.1) is 0 Å². The Bertz CT molecular complexity index is 2970. The number of ketones is 1. The van der Waals surface area contributed by atoms with Crippen molar-refractivity contribution >= 4 is 92.4 Å². The summed E-state index contributed by atoms with van der Waals surface area (Å²) >= 11 is 0. The molecule has 0 atom stereocenters. The van der Waals surface area contributed by atoms with Crippen molar-refractivity contribution in [2.75, 3.05) is 28.9 Å². The van der Waals surface area contributed by atoms with E-state index in [4.69, 9.17) is 14.4 Å². The number of rotatable bonds is 19. The zero-order valence-electron chi connectivity index (χ0n) is 37.9. The molecule has 12 heteroatoms. The van der Waals surface area contributed by atoms with Crippen LogP contribution in [0.3, 0.4) is 0 Å². The van der Waals surface area contributed by atoms with Gasteiger partial charge in [0.1, 0.15) is 5.76 Å². The van der Waals surface area contributed by atoms with E-state index in [2.05, 4.69) is 29.5 Å². The Morgan fingerprint density at radius 2 is 1.12 bits per heavy atom. The van der Waals surface area contributed by atoms with Crippen molar-refractivity contribution in [3.05, 3.63) is 142 Å². The molecule has 0 saturated heterocycles. The molecule has 6 aromatic rings. The molecule has 6 aromatic carbocycles. The van der Waals surface area contributed by atoms with Crippen molar-refractivity contribution in [2.45, 2.75) is 90.9 Å². The molecule has 0 bridgehead atoms. The van der Waals surface area contributed by atoms with Gasteiger partial charge in [0, 0.05) is 38.6 Å². The lowest BCUT2D eigenvalue weighted by atomic mass is 9.65.